The first-order valence-electron chi connectivity index (χ1n) is 10.3. The lowest BCUT2D eigenvalue weighted by Gasteiger charge is -2.31. The molecular formula is C21H33N3O2S. The minimum absolute atomic E-state index is 0.0365. The van der Waals surface area contributed by atoms with E-state index in [4.69, 9.17) is 0 Å². The summed E-state index contributed by atoms with van der Waals surface area (Å²) in [7, 11) is 5.74. The van der Waals surface area contributed by atoms with Gasteiger partial charge in [0.25, 0.3) is 5.91 Å². The molecule has 1 aromatic heterocycles. The second-order valence-corrected chi connectivity index (χ2v) is 9.40. The number of carbonyl (C=O) groups excluding carboxylic acids is 2. The standard InChI is InChI=1S/C21H33N3O2S/c1-23(2)21(26)19-14-16-13-15(9-10-18(16)27-19)20(25)22-11-12-24(3)17-7-5-4-6-8-17/h14-15,17H,4-13H2,1-3H3,(H,22,25). The molecule has 1 aromatic rings. The number of nitrogens with zero attached hydrogens (tertiary/aromatic N) is 2. The summed E-state index contributed by atoms with van der Waals surface area (Å²) in [5, 5.41) is 3.15. The highest BCUT2D eigenvalue weighted by molar-refractivity contribution is 7.14. The molecular weight excluding hydrogens is 358 g/mol. The maximum absolute atomic E-state index is 12.6. The third-order valence-electron chi connectivity index (χ3n) is 6.03. The summed E-state index contributed by atoms with van der Waals surface area (Å²) in [6.07, 6.45) is 9.18. The highest BCUT2D eigenvalue weighted by atomic mass is 32.1. The molecule has 1 heterocycles. The Morgan fingerprint density at radius 2 is 1.89 bits per heavy atom. The molecule has 0 aromatic carbocycles. The molecule has 0 radical (unpaired) electrons. The number of nitrogens with one attached hydrogen (secondary N) is 1. The van der Waals surface area contributed by atoms with Gasteiger partial charge in [-0.15, -0.1) is 11.3 Å². The Kier molecular flexibility index (Phi) is 6.93. The molecule has 1 saturated carbocycles. The van der Waals surface area contributed by atoms with Gasteiger partial charge in [-0.2, -0.15) is 0 Å². The number of rotatable bonds is 6. The molecule has 1 fully saturated rings. The average Bonchev–Trinajstić information content (AvgIpc) is 3.10. The Morgan fingerprint density at radius 3 is 2.59 bits per heavy atom. The third-order valence-corrected chi connectivity index (χ3v) is 7.26. The molecule has 0 spiro atoms. The van der Waals surface area contributed by atoms with Crippen molar-refractivity contribution in [2.45, 2.75) is 57.4 Å². The monoisotopic (exact) mass is 391 g/mol. The molecule has 6 heteroatoms. The van der Waals surface area contributed by atoms with Gasteiger partial charge in [-0.3, -0.25) is 9.59 Å². The van der Waals surface area contributed by atoms with Crippen LogP contribution in [0.5, 0.6) is 0 Å². The highest BCUT2D eigenvalue weighted by Crippen LogP contribution is 2.33. The van der Waals surface area contributed by atoms with Crippen LogP contribution in [-0.2, 0) is 17.6 Å². The molecule has 0 saturated heterocycles. The minimum Gasteiger partial charge on any atom is -0.355 e. The Labute approximate surface area is 167 Å². The van der Waals surface area contributed by atoms with Crippen molar-refractivity contribution in [3.05, 3.63) is 21.4 Å². The van der Waals surface area contributed by atoms with Crippen LogP contribution < -0.4 is 5.32 Å². The summed E-state index contributed by atoms with van der Waals surface area (Å²) >= 11 is 1.59. The number of likely N-dealkylation sites (N-methyl/N-ethyl adjacent to an activating group) is 1. The summed E-state index contributed by atoms with van der Waals surface area (Å²) in [4.78, 5) is 30.9. The molecule has 2 aliphatic rings. The zero-order valence-electron chi connectivity index (χ0n) is 16.9. The summed E-state index contributed by atoms with van der Waals surface area (Å²) in [6, 6.07) is 2.69. The topological polar surface area (TPSA) is 52.7 Å². The van der Waals surface area contributed by atoms with Gasteiger partial charge in [-0.05, 0) is 50.8 Å². The first-order valence-corrected chi connectivity index (χ1v) is 11.1. The molecule has 1 unspecified atom stereocenters. The van der Waals surface area contributed by atoms with E-state index in [9.17, 15) is 9.59 Å². The van der Waals surface area contributed by atoms with E-state index in [1.807, 2.05) is 6.07 Å². The molecule has 0 bridgehead atoms. The van der Waals surface area contributed by atoms with E-state index in [1.54, 1.807) is 30.3 Å². The zero-order valence-corrected chi connectivity index (χ0v) is 17.7. The molecule has 27 heavy (non-hydrogen) atoms. The van der Waals surface area contributed by atoms with Crippen molar-refractivity contribution < 1.29 is 9.59 Å². The van der Waals surface area contributed by atoms with Crippen molar-refractivity contribution in [1.29, 1.82) is 0 Å². The number of amides is 2. The van der Waals surface area contributed by atoms with E-state index in [1.165, 1.54) is 42.5 Å². The fourth-order valence-corrected chi connectivity index (χ4v) is 5.51. The smallest absolute Gasteiger partial charge is 0.263 e. The van der Waals surface area contributed by atoms with Gasteiger partial charge in [-0.1, -0.05) is 19.3 Å². The van der Waals surface area contributed by atoms with Gasteiger partial charge >= 0.3 is 0 Å². The van der Waals surface area contributed by atoms with Crippen molar-refractivity contribution in [3.8, 4) is 0 Å². The van der Waals surface area contributed by atoms with Crippen LogP contribution in [0.2, 0.25) is 0 Å². The number of thiophene rings is 1. The lowest BCUT2D eigenvalue weighted by molar-refractivity contribution is -0.125. The molecule has 5 nitrogen and oxygen atoms in total. The van der Waals surface area contributed by atoms with Gasteiger partial charge in [0.15, 0.2) is 0 Å². The van der Waals surface area contributed by atoms with Gasteiger partial charge in [0.1, 0.15) is 0 Å². The molecule has 1 N–H and O–H groups in total. The van der Waals surface area contributed by atoms with Crippen LogP contribution in [0.15, 0.2) is 6.07 Å². The van der Waals surface area contributed by atoms with Gasteiger partial charge in [-0.25, -0.2) is 0 Å². The van der Waals surface area contributed by atoms with Gasteiger partial charge in [0.2, 0.25) is 5.91 Å². The van der Waals surface area contributed by atoms with Gasteiger partial charge < -0.3 is 15.1 Å². The molecule has 0 aliphatic heterocycles. The summed E-state index contributed by atoms with van der Waals surface area (Å²) in [5.74, 6) is 0.264. The lowest BCUT2D eigenvalue weighted by Crippen LogP contribution is -2.41. The van der Waals surface area contributed by atoms with Crippen LogP contribution in [-0.4, -0.2) is 61.9 Å². The van der Waals surface area contributed by atoms with E-state index in [2.05, 4.69) is 17.3 Å². The van der Waals surface area contributed by atoms with E-state index in [0.29, 0.717) is 6.04 Å². The van der Waals surface area contributed by atoms with Crippen LogP contribution >= 0.6 is 11.3 Å². The van der Waals surface area contributed by atoms with Crippen LogP contribution in [0.4, 0.5) is 0 Å². The summed E-state index contributed by atoms with van der Waals surface area (Å²) in [6.45, 7) is 1.65. The summed E-state index contributed by atoms with van der Waals surface area (Å²) in [5.41, 5.74) is 1.19. The van der Waals surface area contributed by atoms with E-state index in [0.717, 1.165) is 37.2 Å². The second kappa shape index (κ2) is 9.20. The largest absolute Gasteiger partial charge is 0.355 e. The Balaban J connectivity index is 1.47. The van der Waals surface area contributed by atoms with Crippen molar-refractivity contribution in [1.82, 2.24) is 15.1 Å². The van der Waals surface area contributed by atoms with Crippen molar-refractivity contribution >= 4 is 23.2 Å². The lowest BCUT2D eigenvalue weighted by atomic mass is 9.87. The SMILES string of the molecule is CN(C)C(=O)c1cc2c(s1)CCC(C(=O)NCCN(C)C1CCCCC1)C2. The van der Waals surface area contributed by atoms with Gasteiger partial charge in [0, 0.05) is 44.0 Å². The number of carbonyl (C=O) groups is 2. The molecule has 3 rings (SSSR count). The Bertz CT molecular complexity index is 664. The molecule has 2 amide bonds. The molecule has 1 atom stereocenters. The number of aryl methyl sites for hydroxylation is 1. The molecule has 150 valence electrons. The fraction of sp³-hybridized carbons (Fsp3) is 0.714. The second-order valence-electron chi connectivity index (χ2n) is 8.26. The number of hydrogen-bond donors (Lipinski definition) is 1. The first-order chi connectivity index (χ1) is 13.0. The van der Waals surface area contributed by atoms with E-state index in [-0.39, 0.29) is 17.7 Å². The van der Waals surface area contributed by atoms with Crippen molar-refractivity contribution in [3.63, 3.8) is 0 Å². The zero-order chi connectivity index (χ0) is 19.4. The maximum Gasteiger partial charge on any atom is 0.263 e. The first kappa shape index (κ1) is 20.3. The quantitative estimate of drug-likeness (QED) is 0.811. The summed E-state index contributed by atoms with van der Waals surface area (Å²) < 4.78 is 0. The maximum atomic E-state index is 12.6. The Hall–Kier alpha value is -1.40. The highest BCUT2D eigenvalue weighted by Gasteiger charge is 2.27. The fourth-order valence-electron chi connectivity index (χ4n) is 4.28. The van der Waals surface area contributed by atoms with Crippen molar-refractivity contribution in [2.24, 2.45) is 5.92 Å². The number of hydrogen-bond acceptors (Lipinski definition) is 4. The van der Waals surface area contributed by atoms with E-state index < -0.39 is 0 Å². The minimum atomic E-state index is 0.0365. The van der Waals surface area contributed by atoms with E-state index >= 15 is 0 Å². The normalized spacial score (nSPS) is 20.4. The van der Waals surface area contributed by atoms with Gasteiger partial charge in [0.05, 0.1) is 4.88 Å². The van der Waals surface area contributed by atoms with Crippen LogP contribution in [0.1, 0.15) is 58.6 Å². The van der Waals surface area contributed by atoms with Crippen LogP contribution in [0.3, 0.4) is 0 Å². The molecule has 2 aliphatic carbocycles. The van der Waals surface area contributed by atoms with Crippen molar-refractivity contribution in [2.75, 3.05) is 34.2 Å². The third kappa shape index (κ3) is 5.11. The van der Waals surface area contributed by atoms with Crippen LogP contribution in [0, 0.1) is 5.92 Å². The predicted octanol–water partition coefficient (Wildman–Crippen LogP) is 2.94. The van der Waals surface area contributed by atoms with Crippen LogP contribution in [0.25, 0.3) is 0 Å². The predicted molar refractivity (Wildman–Crippen MR) is 110 cm³/mol. The Morgan fingerprint density at radius 1 is 1.15 bits per heavy atom. The number of fused-ring (bicyclic) bond motifs is 1. The average molecular weight is 392 g/mol.